The summed E-state index contributed by atoms with van der Waals surface area (Å²) in [4.78, 5) is 18.8. The van der Waals surface area contributed by atoms with E-state index in [0.717, 1.165) is 24.5 Å². The maximum Gasteiger partial charge on any atom is 0.254 e. The highest BCUT2D eigenvalue weighted by Gasteiger charge is 2.26. The summed E-state index contributed by atoms with van der Waals surface area (Å²) in [6.07, 6.45) is 5.91. The van der Waals surface area contributed by atoms with Crippen molar-refractivity contribution in [2.45, 2.75) is 52.0 Å². The number of anilines is 1. The Labute approximate surface area is 126 Å². The zero-order chi connectivity index (χ0) is 15.4. The number of aromatic nitrogens is 1. The van der Waals surface area contributed by atoms with Crippen molar-refractivity contribution in [3.63, 3.8) is 0 Å². The van der Waals surface area contributed by atoms with Crippen LogP contribution in [-0.4, -0.2) is 28.9 Å². The van der Waals surface area contributed by atoms with E-state index in [9.17, 15) is 4.79 Å². The molecule has 116 valence electrons. The first-order chi connectivity index (χ1) is 10.0. The van der Waals surface area contributed by atoms with E-state index < -0.39 is 0 Å². The van der Waals surface area contributed by atoms with Crippen molar-refractivity contribution in [2.24, 2.45) is 11.8 Å². The molecule has 1 aliphatic rings. The number of rotatable bonds is 4. The molecule has 1 saturated carbocycles. The fraction of sp³-hybridized carbons (Fsp3) is 0.625. The lowest BCUT2D eigenvalue weighted by Gasteiger charge is -2.34. The average molecular weight is 290 g/mol. The molecule has 1 amide bonds. The van der Waals surface area contributed by atoms with Crippen LogP contribution in [-0.2, 0) is 0 Å². The normalized spacial score (nSPS) is 21.9. The second-order valence-corrected chi connectivity index (χ2v) is 6.03. The van der Waals surface area contributed by atoms with E-state index in [1.807, 2.05) is 24.9 Å². The molecule has 0 bridgehead atoms. The lowest BCUT2D eigenvalue weighted by Crippen LogP contribution is -2.39. The third-order valence-corrected chi connectivity index (χ3v) is 4.61. The summed E-state index contributed by atoms with van der Waals surface area (Å²) in [5.74, 6) is 6.82. The van der Waals surface area contributed by atoms with E-state index >= 15 is 0 Å². The Morgan fingerprint density at radius 2 is 2.05 bits per heavy atom. The summed E-state index contributed by atoms with van der Waals surface area (Å²) in [5.41, 5.74) is 3.95. The van der Waals surface area contributed by atoms with Gasteiger partial charge in [0.15, 0.2) is 0 Å². The molecule has 0 radical (unpaired) electrons. The van der Waals surface area contributed by atoms with Crippen molar-refractivity contribution in [1.82, 2.24) is 9.88 Å². The molecule has 0 spiro atoms. The summed E-state index contributed by atoms with van der Waals surface area (Å²) >= 11 is 0. The number of amides is 1. The van der Waals surface area contributed by atoms with Gasteiger partial charge in [0.2, 0.25) is 0 Å². The Morgan fingerprint density at radius 1 is 1.38 bits per heavy atom. The van der Waals surface area contributed by atoms with Crippen LogP contribution < -0.4 is 11.3 Å². The minimum Gasteiger partial charge on any atom is -0.339 e. The molecule has 21 heavy (non-hydrogen) atoms. The molecule has 0 aromatic carbocycles. The number of hydrogen-bond donors (Lipinski definition) is 2. The Hall–Kier alpha value is -1.62. The van der Waals surface area contributed by atoms with Crippen LogP contribution in [0.4, 0.5) is 5.82 Å². The van der Waals surface area contributed by atoms with Crippen LogP contribution in [0.5, 0.6) is 0 Å². The molecule has 5 nitrogen and oxygen atoms in total. The Balaban J connectivity index is 2.07. The van der Waals surface area contributed by atoms with Crippen molar-refractivity contribution in [3.8, 4) is 0 Å². The molecule has 1 fully saturated rings. The van der Waals surface area contributed by atoms with Gasteiger partial charge >= 0.3 is 0 Å². The molecule has 0 saturated heterocycles. The van der Waals surface area contributed by atoms with Crippen LogP contribution >= 0.6 is 0 Å². The van der Waals surface area contributed by atoms with E-state index in [1.165, 1.54) is 19.3 Å². The first-order valence-electron chi connectivity index (χ1n) is 7.77. The number of pyridine rings is 1. The van der Waals surface area contributed by atoms with Gasteiger partial charge in [-0.15, -0.1) is 0 Å². The van der Waals surface area contributed by atoms with Crippen LogP contribution in [0.2, 0.25) is 0 Å². The van der Waals surface area contributed by atoms with Gasteiger partial charge < -0.3 is 10.3 Å². The number of carbonyl (C=O) groups excluding carboxylic acids is 1. The van der Waals surface area contributed by atoms with Crippen LogP contribution in [0.3, 0.4) is 0 Å². The Kier molecular flexibility index (Phi) is 5.17. The largest absolute Gasteiger partial charge is 0.339 e. The summed E-state index contributed by atoms with van der Waals surface area (Å²) in [7, 11) is 1.91. The fourth-order valence-electron chi connectivity index (χ4n) is 3.18. The lowest BCUT2D eigenvalue weighted by molar-refractivity contribution is 0.0674. The maximum absolute atomic E-state index is 12.6. The molecule has 2 rings (SSSR count). The van der Waals surface area contributed by atoms with E-state index in [0.29, 0.717) is 17.4 Å². The first-order valence-corrected chi connectivity index (χ1v) is 7.77. The SMILES string of the molecule is CCC1CCC(N(C)C(=O)c2cc(C)nc(NN)c2)CC1. The van der Waals surface area contributed by atoms with Gasteiger partial charge in [-0.25, -0.2) is 10.8 Å². The van der Waals surface area contributed by atoms with Crippen LogP contribution in [0.15, 0.2) is 12.1 Å². The summed E-state index contributed by atoms with van der Waals surface area (Å²) in [5, 5.41) is 0. The standard InChI is InChI=1S/C16H26N4O/c1-4-12-5-7-14(8-6-12)20(3)16(21)13-9-11(2)18-15(10-13)19-17/h9-10,12,14H,4-8,17H2,1-3H3,(H,18,19). The molecule has 1 aliphatic carbocycles. The molecule has 1 aromatic rings. The number of hydrogen-bond acceptors (Lipinski definition) is 4. The van der Waals surface area contributed by atoms with Crippen molar-refractivity contribution in [2.75, 3.05) is 12.5 Å². The minimum atomic E-state index is 0.0527. The number of carbonyl (C=O) groups is 1. The molecule has 1 aromatic heterocycles. The number of aryl methyl sites for hydroxylation is 1. The van der Waals surface area contributed by atoms with E-state index in [2.05, 4.69) is 17.3 Å². The molecular formula is C16H26N4O. The Morgan fingerprint density at radius 3 is 2.62 bits per heavy atom. The highest BCUT2D eigenvalue weighted by molar-refractivity contribution is 5.95. The number of nitrogen functional groups attached to an aromatic ring is 1. The van der Waals surface area contributed by atoms with Crippen LogP contribution in [0.1, 0.15) is 55.1 Å². The van der Waals surface area contributed by atoms with Gasteiger partial charge in [-0.3, -0.25) is 4.79 Å². The molecule has 0 aliphatic heterocycles. The number of nitrogens with two attached hydrogens (primary N) is 1. The molecule has 0 unspecified atom stereocenters. The predicted octanol–water partition coefficient (Wildman–Crippen LogP) is 2.72. The molecule has 0 atom stereocenters. The zero-order valence-electron chi connectivity index (χ0n) is 13.2. The quantitative estimate of drug-likeness (QED) is 0.660. The highest BCUT2D eigenvalue weighted by Crippen LogP contribution is 2.29. The third-order valence-electron chi connectivity index (χ3n) is 4.61. The van der Waals surface area contributed by atoms with E-state index in [-0.39, 0.29) is 5.91 Å². The first kappa shape index (κ1) is 15.8. The molecule has 1 heterocycles. The Bertz CT molecular complexity index is 495. The summed E-state index contributed by atoms with van der Waals surface area (Å²) < 4.78 is 0. The monoisotopic (exact) mass is 290 g/mol. The number of nitrogens with zero attached hydrogens (tertiary/aromatic N) is 2. The highest BCUT2D eigenvalue weighted by atomic mass is 16.2. The molecule has 3 N–H and O–H groups in total. The van der Waals surface area contributed by atoms with E-state index in [4.69, 9.17) is 5.84 Å². The average Bonchev–Trinajstić information content (AvgIpc) is 2.52. The second kappa shape index (κ2) is 6.89. The second-order valence-electron chi connectivity index (χ2n) is 6.03. The number of hydrazine groups is 1. The van der Waals surface area contributed by atoms with E-state index in [1.54, 1.807) is 6.07 Å². The lowest BCUT2D eigenvalue weighted by atomic mass is 9.84. The van der Waals surface area contributed by atoms with Crippen molar-refractivity contribution in [3.05, 3.63) is 23.4 Å². The maximum atomic E-state index is 12.6. The van der Waals surface area contributed by atoms with Crippen molar-refractivity contribution >= 4 is 11.7 Å². The smallest absolute Gasteiger partial charge is 0.254 e. The predicted molar refractivity (Wildman–Crippen MR) is 84.9 cm³/mol. The van der Waals surface area contributed by atoms with Gasteiger partial charge in [0.25, 0.3) is 5.91 Å². The fourth-order valence-corrected chi connectivity index (χ4v) is 3.18. The molecule has 5 heteroatoms. The topological polar surface area (TPSA) is 71.2 Å². The summed E-state index contributed by atoms with van der Waals surface area (Å²) in [6, 6.07) is 3.88. The third kappa shape index (κ3) is 3.73. The van der Waals surface area contributed by atoms with Gasteiger partial charge in [0.1, 0.15) is 5.82 Å². The number of nitrogens with one attached hydrogen (secondary N) is 1. The van der Waals surface area contributed by atoms with Gasteiger partial charge in [0.05, 0.1) is 0 Å². The van der Waals surface area contributed by atoms with Crippen molar-refractivity contribution in [1.29, 1.82) is 0 Å². The minimum absolute atomic E-state index is 0.0527. The molecular weight excluding hydrogens is 264 g/mol. The van der Waals surface area contributed by atoms with Crippen LogP contribution in [0, 0.1) is 12.8 Å². The van der Waals surface area contributed by atoms with Gasteiger partial charge in [-0.2, -0.15) is 0 Å². The van der Waals surface area contributed by atoms with Gasteiger partial charge in [-0.05, 0) is 50.7 Å². The summed E-state index contributed by atoms with van der Waals surface area (Å²) in [6.45, 7) is 4.12. The van der Waals surface area contributed by atoms with Gasteiger partial charge in [-0.1, -0.05) is 13.3 Å². The zero-order valence-corrected chi connectivity index (χ0v) is 13.2. The van der Waals surface area contributed by atoms with Crippen LogP contribution in [0.25, 0.3) is 0 Å². The van der Waals surface area contributed by atoms with Gasteiger partial charge in [0, 0.05) is 24.3 Å². The van der Waals surface area contributed by atoms with Crippen molar-refractivity contribution < 1.29 is 4.79 Å².